The molecule has 0 aliphatic rings. The van der Waals surface area contributed by atoms with Crippen LogP contribution < -0.4 is 31.6 Å². The molecular weight excluding hydrogens is 358 g/mol. The van der Waals surface area contributed by atoms with Crippen molar-refractivity contribution >= 4 is 34.5 Å². The molecule has 9 heteroatoms. The maximum Gasteiger partial charge on any atom is 0.229 e. The normalized spacial score (nSPS) is 10.0. The molecule has 0 spiro atoms. The molecule has 0 aliphatic carbocycles. The standard InChI is InChI=1S/C19H19N7O2/c1-27-12-4-6-15(17(8-12)28-2)24-14-5-3-11(9-20)7-16(14)25-19-23-10-13(21)18(22)26-19/h3-8,10,24H,21H2,1-2H3,(H3,22,23,25,26). The van der Waals surface area contributed by atoms with Crippen LogP contribution in [0.15, 0.2) is 42.6 Å². The Morgan fingerprint density at radius 1 is 0.964 bits per heavy atom. The molecule has 0 bridgehead atoms. The van der Waals surface area contributed by atoms with Gasteiger partial charge in [0, 0.05) is 6.07 Å². The van der Waals surface area contributed by atoms with Crippen LogP contribution in [0.25, 0.3) is 0 Å². The lowest BCUT2D eigenvalue weighted by molar-refractivity contribution is 0.395. The lowest BCUT2D eigenvalue weighted by Gasteiger charge is -2.16. The van der Waals surface area contributed by atoms with Crippen molar-refractivity contribution in [3.05, 3.63) is 48.2 Å². The second kappa shape index (κ2) is 8.01. The van der Waals surface area contributed by atoms with Crippen LogP contribution in [-0.4, -0.2) is 24.2 Å². The largest absolute Gasteiger partial charge is 0.497 e. The first-order valence-corrected chi connectivity index (χ1v) is 8.22. The molecule has 1 heterocycles. The number of ether oxygens (including phenoxy) is 2. The number of nitriles is 1. The van der Waals surface area contributed by atoms with Gasteiger partial charge in [0.25, 0.3) is 0 Å². The lowest BCUT2D eigenvalue weighted by Crippen LogP contribution is -2.05. The first kappa shape index (κ1) is 18.6. The van der Waals surface area contributed by atoms with Gasteiger partial charge in [0.05, 0.1) is 54.8 Å². The number of hydrogen-bond acceptors (Lipinski definition) is 9. The van der Waals surface area contributed by atoms with Crippen LogP contribution in [0.1, 0.15) is 5.56 Å². The molecule has 0 atom stereocenters. The van der Waals surface area contributed by atoms with Crippen molar-refractivity contribution in [3.8, 4) is 17.6 Å². The van der Waals surface area contributed by atoms with Crippen LogP contribution in [-0.2, 0) is 0 Å². The molecular formula is C19H19N7O2. The topological polar surface area (TPSA) is 144 Å². The Kier molecular flexibility index (Phi) is 5.32. The van der Waals surface area contributed by atoms with Crippen LogP contribution in [0.2, 0.25) is 0 Å². The molecule has 3 rings (SSSR count). The Morgan fingerprint density at radius 2 is 1.75 bits per heavy atom. The highest BCUT2D eigenvalue weighted by atomic mass is 16.5. The van der Waals surface area contributed by atoms with Gasteiger partial charge in [-0.1, -0.05) is 0 Å². The van der Waals surface area contributed by atoms with Gasteiger partial charge in [-0.15, -0.1) is 0 Å². The van der Waals surface area contributed by atoms with E-state index in [-0.39, 0.29) is 17.5 Å². The van der Waals surface area contributed by atoms with Gasteiger partial charge in [-0.3, -0.25) is 0 Å². The summed E-state index contributed by atoms with van der Waals surface area (Å²) in [6.07, 6.45) is 1.42. The summed E-state index contributed by atoms with van der Waals surface area (Å²) >= 11 is 0. The van der Waals surface area contributed by atoms with Crippen LogP contribution in [0, 0.1) is 11.3 Å². The Labute approximate surface area is 161 Å². The van der Waals surface area contributed by atoms with Crippen molar-refractivity contribution in [1.82, 2.24) is 9.97 Å². The van der Waals surface area contributed by atoms with E-state index in [1.165, 1.54) is 6.20 Å². The minimum atomic E-state index is 0.167. The van der Waals surface area contributed by atoms with Gasteiger partial charge < -0.3 is 31.6 Å². The highest BCUT2D eigenvalue weighted by molar-refractivity contribution is 5.80. The summed E-state index contributed by atoms with van der Waals surface area (Å²) in [7, 11) is 3.16. The molecule has 0 aliphatic heterocycles. The summed E-state index contributed by atoms with van der Waals surface area (Å²) in [5, 5.41) is 15.6. The predicted octanol–water partition coefficient (Wildman–Crippen LogP) is 3.02. The Bertz CT molecular complexity index is 1050. The predicted molar refractivity (Wildman–Crippen MR) is 108 cm³/mol. The number of methoxy groups -OCH3 is 2. The van der Waals surface area contributed by atoms with Gasteiger partial charge >= 0.3 is 0 Å². The molecule has 9 nitrogen and oxygen atoms in total. The van der Waals surface area contributed by atoms with Gasteiger partial charge in [0.2, 0.25) is 5.95 Å². The van der Waals surface area contributed by atoms with Gasteiger partial charge in [-0.2, -0.15) is 10.2 Å². The smallest absolute Gasteiger partial charge is 0.229 e. The van der Waals surface area contributed by atoms with Crippen LogP contribution in [0.3, 0.4) is 0 Å². The van der Waals surface area contributed by atoms with E-state index >= 15 is 0 Å². The highest BCUT2D eigenvalue weighted by Gasteiger charge is 2.11. The van der Waals surface area contributed by atoms with E-state index in [1.54, 1.807) is 38.5 Å². The zero-order chi connectivity index (χ0) is 20.1. The first-order valence-electron chi connectivity index (χ1n) is 8.22. The molecule has 6 N–H and O–H groups in total. The van der Waals surface area contributed by atoms with E-state index in [0.717, 1.165) is 0 Å². The molecule has 0 radical (unpaired) electrons. The van der Waals surface area contributed by atoms with Crippen LogP contribution in [0.4, 0.5) is 34.5 Å². The SMILES string of the molecule is COc1ccc(Nc2ccc(C#N)cc2Nc2ncc(N)c(N)n2)c(OC)c1. The zero-order valence-electron chi connectivity index (χ0n) is 15.4. The number of nitrogens with two attached hydrogens (primary N) is 2. The average Bonchev–Trinajstić information content (AvgIpc) is 2.72. The molecule has 142 valence electrons. The fraction of sp³-hybridized carbons (Fsp3) is 0.105. The van der Waals surface area contributed by atoms with E-state index in [1.807, 2.05) is 12.1 Å². The van der Waals surface area contributed by atoms with Crippen molar-refractivity contribution in [3.63, 3.8) is 0 Å². The highest BCUT2D eigenvalue weighted by Crippen LogP contribution is 2.35. The third-order valence-corrected chi connectivity index (χ3v) is 3.92. The fourth-order valence-corrected chi connectivity index (χ4v) is 2.46. The van der Waals surface area contributed by atoms with Crippen molar-refractivity contribution in [1.29, 1.82) is 5.26 Å². The van der Waals surface area contributed by atoms with Crippen molar-refractivity contribution in [2.75, 3.05) is 36.3 Å². The number of anilines is 6. The van der Waals surface area contributed by atoms with Gasteiger partial charge in [0.1, 0.15) is 11.5 Å². The van der Waals surface area contributed by atoms with Crippen molar-refractivity contribution < 1.29 is 9.47 Å². The molecule has 0 fully saturated rings. The fourth-order valence-electron chi connectivity index (χ4n) is 2.46. The quantitative estimate of drug-likeness (QED) is 0.509. The molecule has 0 amide bonds. The van der Waals surface area contributed by atoms with E-state index in [0.29, 0.717) is 34.1 Å². The number of nitrogens with one attached hydrogen (secondary N) is 2. The third kappa shape index (κ3) is 3.96. The molecule has 0 unspecified atom stereocenters. The molecule has 1 aromatic heterocycles. The van der Waals surface area contributed by atoms with E-state index in [4.69, 9.17) is 20.9 Å². The summed E-state index contributed by atoms with van der Waals surface area (Å²) < 4.78 is 10.6. The van der Waals surface area contributed by atoms with E-state index in [2.05, 4.69) is 26.7 Å². The van der Waals surface area contributed by atoms with Gasteiger partial charge in [-0.25, -0.2) is 4.98 Å². The second-order valence-corrected chi connectivity index (χ2v) is 5.72. The molecule has 0 saturated heterocycles. The summed E-state index contributed by atoms with van der Waals surface area (Å²) in [6, 6.07) is 12.7. The molecule has 0 saturated carbocycles. The Hall–Kier alpha value is -4.19. The number of nitrogens with zero attached hydrogens (tertiary/aromatic N) is 3. The summed E-state index contributed by atoms with van der Waals surface area (Å²) in [5.41, 5.74) is 14.1. The monoisotopic (exact) mass is 377 g/mol. The Balaban J connectivity index is 1.97. The third-order valence-electron chi connectivity index (χ3n) is 3.92. The average molecular weight is 377 g/mol. The molecule has 2 aromatic carbocycles. The maximum atomic E-state index is 9.23. The second-order valence-electron chi connectivity index (χ2n) is 5.72. The van der Waals surface area contributed by atoms with Crippen LogP contribution >= 0.6 is 0 Å². The number of nitrogen functional groups attached to an aromatic ring is 2. The molecule has 3 aromatic rings. The number of hydrogen-bond donors (Lipinski definition) is 4. The van der Waals surface area contributed by atoms with Crippen LogP contribution in [0.5, 0.6) is 11.5 Å². The van der Waals surface area contributed by atoms with Gasteiger partial charge in [-0.05, 0) is 30.3 Å². The van der Waals surface area contributed by atoms with Crippen molar-refractivity contribution in [2.45, 2.75) is 0 Å². The summed E-state index contributed by atoms with van der Waals surface area (Å²) in [5.74, 6) is 1.70. The zero-order valence-corrected chi connectivity index (χ0v) is 15.4. The van der Waals surface area contributed by atoms with Gasteiger partial charge in [0.15, 0.2) is 5.82 Å². The van der Waals surface area contributed by atoms with E-state index < -0.39 is 0 Å². The summed E-state index contributed by atoms with van der Waals surface area (Å²) in [6.45, 7) is 0. The minimum Gasteiger partial charge on any atom is -0.497 e. The number of aromatic nitrogens is 2. The molecule has 28 heavy (non-hydrogen) atoms. The lowest BCUT2D eigenvalue weighted by atomic mass is 10.1. The minimum absolute atomic E-state index is 0.167. The maximum absolute atomic E-state index is 9.23. The number of rotatable bonds is 6. The number of benzene rings is 2. The summed E-state index contributed by atoms with van der Waals surface area (Å²) in [4.78, 5) is 8.22. The van der Waals surface area contributed by atoms with E-state index in [9.17, 15) is 5.26 Å². The van der Waals surface area contributed by atoms with Crippen molar-refractivity contribution in [2.24, 2.45) is 0 Å². The Morgan fingerprint density at radius 3 is 2.43 bits per heavy atom. The first-order chi connectivity index (χ1) is 13.5.